The molecule has 1 aliphatic heterocycles. The highest BCUT2D eigenvalue weighted by atomic mass is 16.5. The molecule has 6 heteroatoms. The van der Waals surface area contributed by atoms with Crippen LogP contribution in [-0.2, 0) is 4.74 Å². The van der Waals surface area contributed by atoms with Gasteiger partial charge in [-0.05, 0) is 36.8 Å². The highest BCUT2D eigenvalue weighted by Crippen LogP contribution is 2.17. The molecule has 2 aromatic carbocycles. The fraction of sp³-hybridized carbons (Fsp3) is 0.263. The monoisotopic (exact) mass is 339 g/mol. The normalized spacial score (nSPS) is 15.1. The van der Waals surface area contributed by atoms with E-state index in [1.807, 2.05) is 31.2 Å². The van der Waals surface area contributed by atoms with Crippen LogP contribution in [0.25, 0.3) is 0 Å². The van der Waals surface area contributed by atoms with Gasteiger partial charge >= 0.3 is 0 Å². The molecule has 0 spiro atoms. The third-order valence-corrected chi connectivity index (χ3v) is 4.14. The summed E-state index contributed by atoms with van der Waals surface area (Å²) in [5.41, 5.74) is 5.44. The second-order valence-electron chi connectivity index (χ2n) is 5.80. The number of aromatic hydroxyl groups is 1. The number of anilines is 1. The second kappa shape index (κ2) is 7.81. The lowest BCUT2D eigenvalue weighted by Gasteiger charge is -2.28. The number of morpholine rings is 1. The standard InChI is InChI=1S/C19H21N3O3/c1-14(20-21-19(24)17-4-2-3-5-18(17)23)15-6-8-16(9-7-15)22-10-12-25-13-11-22/h2-9,23H,10-13H2,1H3,(H,21,24). The Labute approximate surface area is 146 Å². The largest absolute Gasteiger partial charge is 0.507 e. The van der Waals surface area contributed by atoms with Crippen LogP contribution in [0, 0.1) is 0 Å². The first-order valence-corrected chi connectivity index (χ1v) is 8.21. The molecule has 130 valence electrons. The van der Waals surface area contributed by atoms with E-state index in [1.54, 1.807) is 18.2 Å². The molecule has 1 fully saturated rings. The lowest BCUT2D eigenvalue weighted by Crippen LogP contribution is -2.36. The van der Waals surface area contributed by atoms with Crippen LogP contribution in [0.1, 0.15) is 22.8 Å². The smallest absolute Gasteiger partial charge is 0.275 e. The third kappa shape index (κ3) is 4.16. The van der Waals surface area contributed by atoms with Crippen LogP contribution in [-0.4, -0.2) is 43.0 Å². The van der Waals surface area contributed by atoms with E-state index in [0.29, 0.717) is 5.71 Å². The Morgan fingerprint density at radius 3 is 2.48 bits per heavy atom. The Morgan fingerprint density at radius 1 is 1.12 bits per heavy atom. The summed E-state index contributed by atoms with van der Waals surface area (Å²) < 4.78 is 5.36. The van der Waals surface area contributed by atoms with Crippen molar-refractivity contribution in [2.75, 3.05) is 31.2 Å². The van der Waals surface area contributed by atoms with Gasteiger partial charge in [-0.15, -0.1) is 0 Å². The molecule has 25 heavy (non-hydrogen) atoms. The number of hydrazone groups is 1. The van der Waals surface area contributed by atoms with Gasteiger partial charge in [0.05, 0.1) is 24.5 Å². The van der Waals surface area contributed by atoms with Crippen LogP contribution in [0.2, 0.25) is 0 Å². The third-order valence-electron chi connectivity index (χ3n) is 4.14. The van der Waals surface area contributed by atoms with Crippen LogP contribution in [0.5, 0.6) is 5.75 Å². The summed E-state index contributed by atoms with van der Waals surface area (Å²) in [5.74, 6) is -0.509. The quantitative estimate of drug-likeness (QED) is 0.662. The predicted molar refractivity (Wildman–Crippen MR) is 97.3 cm³/mol. The molecule has 0 radical (unpaired) electrons. The number of amides is 1. The number of carbonyl (C=O) groups excluding carboxylic acids is 1. The molecule has 3 rings (SSSR count). The van der Waals surface area contributed by atoms with E-state index in [4.69, 9.17) is 4.74 Å². The molecule has 0 aliphatic carbocycles. The number of ether oxygens (including phenoxy) is 1. The van der Waals surface area contributed by atoms with Crippen LogP contribution >= 0.6 is 0 Å². The number of carbonyl (C=O) groups is 1. The summed E-state index contributed by atoms with van der Waals surface area (Å²) in [6.45, 7) is 5.11. The molecule has 0 unspecified atom stereocenters. The van der Waals surface area contributed by atoms with Crippen molar-refractivity contribution in [2.24, 2.45) is 5.10 Å². The summed E-state index contributed by atoms with van der Waals surface area (Å²) in [5, 5.41) is 13.8. The van der Waals surface area contributed by atoms with Gasteiger partial charge in [-0.25, -0.2) is 5.43 Å². The lowest BCUT2D eigenvalue weighted by molar-refractivity contribution is 0.0952. The molecule has 1 saturated heterocycles. The zero-order chi connectivity index (χ0) is 17.6. The summed E-state index contributed by atoms with van der Waals surface area (Å²) >= 11 is 0. The minimum Gasteiger partial charge on any atom is -0.507 e. The maximum absolute atomic E-state index is 12.1. The average Bonchev–Trinajstić information content (AvgIpc) is 2.67. The zero-order valence-electron chi connectivity index (χ0n) is 14.1. The molecule has 1 amide bonds. The van der Waals surface area contributed by atoms with E-state index in [-0.39, 0.29) is 11.3 Å². The van der Waals surface area contributed by atoms with Crippen LogP contribution in [0.4, 0.5) is 5.69 Å². The molecule has 0 saturated carbocycles. The first-order chi connectivity index (χ1) is 12.1. The SMILES string of the molecule is CC(=NNC(=O)c1ccccc1O)c1ccc(N2CCOCC2)cc1. The fourth-order valence-corrected chi connectivity index (χ4v) is 2.66. The van der Waals surface area contributed by atoms with Gasteiger partial charge in [-0.2, -0.15) is 5.10 Å². The van der Waals surface area contributed by atoms with Crippen LogP contribution < -0.4 is 10.3 Å². The van der Waals surface area contributed by atoms with Gasteiger partial charge in [0.2, 0.25) is 0 Å². The van der Waals surface area contributed by atoms with Crippen molar-refractivity contribution in [3.05, 3.63) is 59.7 Å². The number of nitrogens with one attached hydrogen (secondary N) is 1. The predicted octanol–water partition coefficient (Wildman–Crippen LogP) is 2.38. The number of rotatable bonds is 4. The number of hydrogen-bond donors (Lipinski definition) is 2. The molecule has 2 aromatic rings. The van der Waals surface area contributed by atoms with Gasteiger partial charge in [0.25, 0.3) is 5.91 Å². The fourth-order valence-electron chi connectivity index (χ4n) is 2.66. The highest BCUT2D eigenvalue weighted by molar-refractivity contribution is 6.01. The first-order valence-electron chi connectivity index (χ1n) is 8.21. The van der Waals surface area contributed by atoms with Gasteiger partial charge < -0.3 is 14.7 Å². The Morgan fingerprint density at radius 2 is 1.80 bits per heavy atom. The number of phenolic OH excluding ortho intramolecular Hbond substituents is 1. The van der Waals surface area contributed by atoms with Crippen molar-refractivity contribution >= 4 is 17.3 Å². The van der Waals surface area contributed by atoms with Gasteiger partial charge in [0.1, 0.15) is 5.75 Å². The minimum absolute atomic E-state index is 0.0669. The van der Waals surface area contributed by atoms with E-state index in [9.17, 15) is 9.90 Å². The molecule has 0 bridgehead atoms. The Bertz CT molecular complexity index is 766. The number of phenols is 1. The topological polar surface area (TPSA) is 74.2 Å². The van der Waals surface area contributed by atoms with E-state index in [2.05, 4.69) is 15.4 Å². The highest BCUT2D eigenvalue weighted by Gasteiger charge is 2.12. The summed E-state index contributed by atoms with van der Waals surface area (Å²) in [7, 11) is 0. The van der Waals surface area contributed by atoms with Crippen LogP contribution in [0.3, 0.4) is 0 Å². The number of benzene rings is 2. The van der Waals surface area contributed by atoms with Gasteiger partial charge in [0.15, 0.2) is 0 Å². The Balaban J connectivity index is 1.66. The van der Waals surface area contributed by atoms with Gasteiger partial charge in [0, 0.05) is 18.8 Å². The number of hydrogen-bond acceptors (Lipinski definition) is 5. The van der Waals surface area contributed by atoms with Gasteiger partial charge in [-0.1, -0.05) is 24.3 Å². The van der Waals surface area contributed by atoms with Crippen LogP contribution in [0.15, 0.2) is 53.6 Å². The van der Waals surface area contributed by atoms with Gasteiger partial charge in [-0.3, -0.25) is 4.79 Å². The molecule has 1 aliphatic rings. The summed E-state index contributed by atoms with van der Waals surface area (Å²) in [6, 6.07) is 14.4. The average molecular weight is 339 g/mol. The van der Waals surface area contributed by atoms with E-state index < -0.39 is 5.91 Å². The van der Waals surface area contributed by atoms with Crippen molar-refractivity contribution in [3.63, 3.8) is 0 Å². The van der Waals surface area contributed by atoms with Crippen molar-refractivity contribution in [1.29, 1.82) is 0 Å². The molecule has 6 nitrogen and oxygen atoms in total. The maximum atomic E-state index is 12.1. The van der Waals surface area contributed by atoms with Crippen molar-refractivity contribution < 1.29 is 14.6 Å². The lowest BCUT2D eigenvalue weighted by atomic mass is 10.1. The van der Waals surface area contributed by atoms with E-state index in [1.165, 1.54) is 6.07 Å². The number of para-hydroxylation sites is 1. The minimum atomic E-state index is -0.442. The van der Waals surface area contributed by atoms with Crippen molar-refractivity contribution in [2.45, 2.75) is 6.92 Å². The maximum Gasteiger partial charge on any atom is 0.275 e. The molecule has 1 heterocycles. The van der Waals surface area contributed by atoms with E-state index in [0.717, 1.165) is 37.6 Å². The summed E-state index contributed by atoms with van der Waals surface area (Å²) in [6.07, 6.45) is 0. The van der Waals surface area contributed by atoms with Crippen molar-refractivity contribution in [1.82, 2.24) is 5.43 Å². The summed E-state index contributed by atoms with van der Waals surface area (Å²) in [4.78, 5) is 14.3. The van der Waals surface area contributed by atoms with Crippen molar-refractivity contribution in [3.8, 4) is 5.75 Å². The molecular weight excluding hydrogens is 318 g/mol. The molecule has 0 aromatic heterocycles. The Hall–Kier alpha value is -2.86. The Kier molecular flexibility index (Phi) is 5.30. The second-order valence-corrected chi connectivity index (χ2v) is 5.80. The molecule has 2 N–H and O–H groups in total. The molecular formula is C19H21N3O3. The number of nitrogens with zero attached hydrogens (tertiary/aromatic N) is 2. The van der Waals surface area contributed by atoms with E-state index >= 15 is 0 Å². The first kappa shape index (κ1) is 17.0. The zero-order valence-corrected chi connectivity index (χ0v) is 14.1. The molecule has 0 atom stereocenters.